The average molecular weight is 490 g/mol. The second kappa shape index (κ2) is 16.5. The predicted molar refractivity (Wildman–Crippen MR) is 121 cm³/mol. The number of unbranched alkanes of at least 4 members (excludes halogenated alkanes) is 2. The highest BCUT2D eigenvalue weighted by Crippen LogP contribution is 2.22. The minimum atomic E-state index is -1.37. The standard InChI is InChI=1S/C22H39N3O9/c1-14(2)21(31)24-8-6-4-5-7-17(28)23-9-10-32-11-12-33-22-18(25-15(3)27)20(30)19(29)16(13-26)34-22/h16,18-20,22,26,29-30H,1,4-13H2,2-3H3,(H,23,28)(H,24,31)(H,25,27). The normalized spacial score (nSPS) is 24.3. The fourth-order valence-electron chi connectivity index (χ4n) is 3.23. The summed E-state index contributed by atoms with van der Waals surface area (Å²) in [6.07, 6.45) is -2.14. The van der Waals surface area contributed by atoms with Gasteiger partial charge in [0.1, 0.15) is 24.4 Å². The first-order valence-electron chi connectivity index (χ1n) is 11.5. The van der Waals surface area contributed by atoms with E-state index in [9.17, 15) is 29.7 Å². The van der Waals surface area contributed by atoms with Gasteiger partial charge in [0.2, 0.25) is 17.7 Å². The minimum absolute atomic E-state index is 0.0670. The van der Waals surface area contributed by atoms with Crippen LogP contribution in [0.15, 0.2) is 12.2 Å². The van der Waals surface area contributed by atoms with Crippen molar-refractivity contribution in [3.8, 4) is 0 Å². The summed E-state index contributed by atoms with van der Waals surface area (Å²) < 4.78 is 16.4. The zero-order valence-electron chi connectivity index (χ0n) is 20.0. The van der Waals surface area contributed by atoms with Crippen LogP contribution >= 0.6 is 0 Å². The van der Waals surface area contributed by atoms with E-state index in [0.29, 0.717) is 25.1 Å². The van der Waals surface area contributed by atoms with Crippen molar-refractivity contribution in [2.24, 2.45) is 0 Å². The molecular formula is C22H39N3O9. The highest BCUT2D eigenvalue weighted by Gasteiger charge is 2.45. The summed E-state index contributed by atoms with van der Waals surface area (Å²) in [5.41, 5.74) is 0.471. The number of aliphatic hydroxyl groups excluding tert-OH is 3. The maximum Gasteiger partial charge on any atom is 0.246 e. The maximum atomic E-state index is 11.8. The Morgan fingerprint density at radius 2 is 1.71 bits per heavy atom. The van der Waals surface area contributed by atoms with E-state index in [-0.39, 0.29) is 31.6 Å². The molecule has 0 radical (unpaired) electrons. The average Bonchev–Trinajstić information content (AvgIpc) is 2.79. The number of carbonyl (C=O) groups is 3. The lowest BCUT2D eigenvalue weighted by Gasteiger charge is -2.42. The van der Waals surface area contributed by atoms with E-state index in [0.717, 1.165) is 19.3 Å². The van der Waals surface area contributed by atoms with E-state index in [1.54, 1.807) is 6.92 Å². The molecule has 1 rings (SSSR count). The topological polar surface area (TPSA) is 176 Å². The van der Waals surface area contributed by atoms with Gasteiger partial charge in [0, 0.05) is 32.0 Å². The zero-order chi connectivity index (χ0) is 25.5. The third kappa shape index (κ3) is 11.4. The number of hydrogen-bond acceptors (Lipinski definition) is 9. The maximum absolute atomic E-state index is 11.8. The van der Waals surface area contributed by atoms with Gasteiger partial charge in [-0.1, -0.05) is 13.0 Å². The highest BCUT2D eigenvalue weighted by molar-refractivity contribution is 5.92. The van der Waals surface area contributed by atoms with Crippen LogP contribution in [0.25, 0.3) is 0 Å². The predicted octanol–water partition coefficient (Wildman–Crippen LogP) is -1.67. The molecule has 5 unspecified atom stereocenters. The molecule has 3 amide bonds. The highest BCUT2D eigenvalue weighted by atomic mass is 16.7. The lowest BCUT2D eigenvalue weighted by atomic mass is 9.97. The van der Waals surface area contributed by atoms with Crippen LogP contribution in [0.4, 0.5) is 0 Å². The van der Waals surface area contributed by atoms with Crippen LogP contribution < -0.4 is 16.0 Å². The van der Waals surface area contributed by atoms with Crippen molar-refractivity contribution in [2.75, 3.05) is 39.5 Å². The Hall–Kier alpha value is -2.09. The molecule has 0 spiro atoms. The van der Waals surface area contributed by atoms with Gasteiger partial charge >= 0.3 is 0 Å². The van der Waals surface area contributed by atoms with Gasteiger partial charge in [0.15, 0.2) is 6.29 Å². The van der Waals surface area contributed by atoms with Crippen molar-refractivity contribution >= 4 is 17.7 Å². The van der Waals surface area contributed by atoms with E-state index in [2.05, 4.69) is 22.5 Å². The number of amides is 3. The lowest BCUT2D eigenvalue weighted by Crippen LogP contribution is -2.64. The van der Waals surface area contributed by atoms with Crippen molar-refractivity contribution in [2.45, 2.75) is 70.2 Å². The molecule has 34 heavy (non-hydrogen) atoms. The van der Waals surface area contributed by atoms with Gasteiger partial charge in [-0.05, 0) is 19.8 Å². The molecule has 0 aromatic carbocycles. The number of rotatable bonds is 16. The Labute approximate surface area is 200 Å². The fourth-order valence-corrected chi connectivity index (χ4v) is 3.23. The molecule has 12 nitrogen and oxygen atoms in total. The summed E-state index contributed by atoms with van der Waals surface area (Å²) in [5, 5.41) is 37.4. The van der Waals surface area contributed by atoms with Crippen molar-refractivity contribution in [3.63, 3.8) is 0 Å². The molecule has 6 N–H and O–H groups in total. The van der Waals surface area contributed by atoms with Crippen LogP contribution in [0.3, 0.4) is 0 Å². The molecule has 0 aromatic heterocycles. The summed E-state index contributed by atoms with van der Waals surface area (Å²) in [6.45, 7) is 7.34. The van der Waals surface area contributed by atoms with Gasteiger partial charge < -0.3 is 45.5 Å². The summed E-state index contributed by atoms with van der Waals surface area (Å²) in [7, 11) is 0. The first-order chi connectivity index (χ1) is 16.2. The van der Waals surface area contributed by atoms with Gasteiger partial charge in [0.25, 0.3) is 0 Å². The molecule has 1 aliphatic heterocycles. The van der Waals surface area contributed by atoms with E-state index >= 15 is 0 Å². The Morgan fingerprint density at radius 3 is 2.35 bits per heavy atom. The number of aliphatic hydroxyl groups is 3. The summed E-state index contributed by atoms with van der Waals surface area (Å²) in [5.74, 6) is -0.674. The van der Waals surface area contributed by atoms with Crippen molar-refractivity contribution in [3.05, 3.63) is 12.2 Å². The molecule has 12 heteroatoms. The van der Waals surface area contributed by atoms with Gasteiger partial charge in [0.05, 0.1) is 26.4 Å². The van der Waals surface area contributed by atoms with E-state index in [1.807, 2.05) is 0 Å². The van der Waals surface area contributed by atoms with Crippen LogP contribution in [-0.4, -0.2) is 103 Å². The van der Waals surface area contributed by atoms with Crippen LogP contribution in [0.1, 0.15) is 39.5 Å². The minimum Gasteiger partial charge on any atom is -0.394 e. The molecule has 0 aromatic rings. The second-order valence-corrected chi connectivity index (χ2v) is 8.11. The van der Waals surface area contributed by atoms with E-state index in [1.165, 1.54) is 6.92 Å². The quantitative estimate of drug-likeness (QED) is 0.109. The number of ether oxygens (including phenoxy) is 3. The van der Waals surface area contributed by atoms with Gasteiger partial charge in [-0.3, -0.25) is 14.4 Å². The van der Waals surface area contributed by atoms with Crippen LogP contribution in [-0.2, 0) is 28.6 Å². The van der Waals surface area contributed by atoms with E-state index < -0.39 is 43.2 Å². The lowest BCUT2D eigenvalue weighted by molar-refractivity contribution is -0.272. The molecule has 1 heterocycles. The van der Waals surface area contributed by atoms with Crippen LogP contribution in [0.2, 0.25) is 0 Å². The van der Waals surface area contributed by atoms with Crippen molar-refractivity contribution < 1.29 is 43.9 Å². The van der Waals surface area contributed by atoms with Crippen molar-refractivity contribution in [1.29, 1.82) is 0 Å². The monoisotopic (exact) mass is 489 g/mol. The Balaban J connectivity index is 2.13. The fraction of sp³-hybridized carbons (Fsp3) is 0.773. The molecule has 1 saturated heterocycles. The summed E-state index contributed by atoms with van der Waals surface area (Å²) in [6, 6.07) is -1.00. The molecule has 0 aliphatic carbocycles. The third-order valence-corrected chi connectivity index (χ3v) is 5.08. The summed E-state index contributed by atoms with van der Waals surface area (Å²) >= 11 is 0. The van der Waals surface area contributed by atoms with Crippen LogP contribution in [0.5, 0.6) is 0 Å². The molecular weight excluding hydrogens is 450 g/mol. The Kier molecular flexibility index (Phi) is 14.6. The first kappa shape index (κ1) is 29.9. The van der Waals surface area contributed by atoms with E-state index in [4.69, 9.17) is 14.2 Å². The molecule has 196 valence electrons. The van der Waals surface area contributed by atoms with Crippen LogP contribution in [0, 0.1) is 0 Å². The summed E-state index contributed by atoms with van der Waals surface area (Å²) in [4.78, 5) is 34.5. The molecule has 0 saturated carbocycles. The zero-order valence-corrected chi connectivity index (χ0v) is 20.0. The molecule has 1 aliphatic rings. The largest absolute Gasteiger partial charge is 0.394 e. The Morgan fingerprint density at radius 1 is 0.971 bits per heavy atom. The first-order valence-corrected chi connectivity index (χ1v) is 11.5. The smallest absolute Gasteiger partial charge is 0.246 e. The number of carbonyl (C=O) groups excluding carboxylic acids is 3. The second-order valence-electron chi connectivity index (χ2n) is 8.11. The molecule has 5 atom stereocenters. The van der Waals surface area contributed by atoms with Crippen molar-refractivity contribution in [1.82, 2.24) is 16.0 Å². The number of hydrogen-bond donors (Lipinski definition) is 6. The van der Waals surface area contributed by atoms with Gasteiger partial charge in [-0.2, -0.15) is 0 Å². The third-order valence-electron chi connectivity index (χ3n) is 5.08. The van der Waals surface area contributed by atoms with Gasteiger partial charge in [-0.15, -0.1) is 0 Å². The number of nitrogens with one attached hydrogen (secondary N) is 3. The molecule has 0 bridgehead atoms. The van der Waals surface area contributed by atoms with Gasteiger partial charge in [-0.25, -0.2) is 0 Å². The molecule has 1 fully saturated rings. The SMILES string of the molecule is C=C(C)C(=O)NCCCCCC(=O)NCCOCCOC1OC(CO)C(O)C(O)C1NC(C)=O. The Bertz CT molecular complexity index is 662.